The van der Waals surface area contributed by atoms with Crippen LogP contribution >= 0.6 is 0 Å². The number of amides is 1. The van der Waals surface area contributed by atoms with Crippen LogP contribution in [-0.4, -0.2) is 10.9 Å². The Balaban J connectivity index is 1.83. The number of fused-ring (bicyclic) bond motifs is 1. The number of carbonyl (C=O) groups excluding carboxylic acids is 1. The predicted molar refractivity (Wildman–Crippen MR) is 81.6 cm³/mol. The second kappa shape index (κ2) is 5.93. The number of aromatic nitrogens is 1. The number of nitrogens with two attached hydrogens (primary N) is 1. The van der Waals surface area contributed by atoms with Crippen molar-refractivity contribution in [2.45, 2.75) is 25.3 Å². The summed E-state index contributed by atoms with van der Waals surface area (Å²) in [6, 6.07) is 11.8. The highest BCUT2D eigenvalue weighted by atomic mass is 16.1. The number of hydrogen-bond donors (Lipinski definition) is 3. The molecule has 1 atom stereocenters. The van der Waals surface area contributed by atoms with Gasteiger partial charge < -0.3 is 10.7 Å². The van der Waals surface area contributed by atoms with E-state index in [0.717, 1.165) is 19.3 Å². The smallest absolute Gasteiger partial charge is 0.255 e. The molecule has 21 heavy (non-hydrogen) atoms. The lowest BCUT2D eigenvalue weighted by Crippen LogP contribution is -2.32. The van der Waals surface area contributed by atoms with Gasteiger partial charge in [0, 0.05) is 6.20 Å². The Morgan fingerprint density at radius 3 is 2.95 bits per heavy atom. The molecule has 0 radical (unpaired) electrons. The van der Waals surface area contributed by atoms with E-state index in [2.05, 4.69) is 27.9 Å². The highest BCUT2D eigenvalue weighted by molar-refractivity contribution is 5.98. The molecule has 1 aromatic carbocycles. The number of anilines is 1. The van der Waals surface area contributed by atoms with Gasteiger partial charge in [-0.2, -0.15) is 0 Å². The van der Waals surface area contributed by atoms with Crippen molar-refractivity contribution < 1.29 is 4.79 Å². The molecule has 0 fully saturated rings. The molecule has 1 aliphatic carbocycles. The molecule has 0 bridgehead atoms. The number of nitrogens with one attached hydrogen (secondary N) is 2. The molecule has 2 aromatic rings. The third-order valence-electron chi connectivity index (χ3n) is 3.86. The fourth-order valence-corrected chi connectivity index (χ4v) is 2.84. The van der Waals surface area contributed by atoms with Gasteiger partial charge in [0.1, 0.15) is 0 Å². The highest BCUT2D eigenvalue weighted by Crippen LogP contribution is 2.29. The summed E-state index contributed by atoms with van der Waals surface area (Å²) < 4.78 is 0. The number of aryl methyl sites for hydroxylation is 1. The van der Waals surface area contributed by atoms with Crippen LogP contribution in [0.3, 0.4) is 0 Å². The minimum Gasteiger partial charge on any atom is -0.345 e. The van der Waals surface area contributed by atoms with Gasteiger partial charge in [0.2, 0.25) is 0 Å². The number of benzene rings is 1. The number of nitrogen functional groups attached to an aromatic ring is 1. The van der Waals surface area contributed by atoms with Crippen molar-refractivity contribution in [1.29, 1.82) is 0 Å². The van der Waals surface area contributed by atoms with Gasteiger partial charge in [-0.15, -0.1) is 0 Å². The molecule has 108 valence electrons. The lowest BCUT2D eigenvalue weighted by molar-refractivity contribution is 0.0933. The van der Waals surface area contributed by atoms with E-state index in [0.29, 0.717) is 11.4 Å². The number of carbonyl (C=O) groups is 1. The van der Waals surface area contributed by atoms with Gasteiger partial charge in [0.05, 0.1) is 11.6 Å². The molecule has 5 nitrogen and oxygen atoms in total. The average molecular weight is 282 g/mol. The van der Waals surface area contributed by atoms with E-state index >= 15 is 0 Å². The van der Waals surface area contributed by atoms with Gasteiger partial charge >= 0.3 is 0 Å². The van der Waals surface area contributed by atoms with Gasteiger partial charge in [-0.05, 0) is 42.5 Å². The third-order valence-corrected chi connectivity index (χ3v) is 3.86. The van der Waals surface area contributed by atoms with E-state index in [1.165, 1.54) is 11.1 Å². The van der Waals surface area contributed by atoms with Crippen molar-refractivity contribution in [3.8, 4) is 0 Å². The largest absolute Gasteiger partial charge is 0.345 e. The predicted octanol–water partition coefficient (Wildman–Crippen LogP) is 2.17. The van der Waals surface area contributed by atoms with E-state index < -0.39 is 0 Å². The Kier molecular flexibility index (Phi) is 3.83. The average Bonchev–Trinajstić information content (AvgIpc) is 2.55. The molecule has 5 heteroatoms. The number of hydrogen-bond acceptors (Lipinski definition) is 4. The molecule has 1 aliphatic rings. The molecule has 0 aliphatic heterocycles. The minimum absolute atomic E-state index is 0.0493. The van der Waals surface area contributed by atoms with Crippen LogP contribution in [0.1, 0.15) is 40.4 Å². The highest BCUT2D eigenvalue weighted by Gasteiger charge is 2.22. The van der Waals surface area contributed by atoms with Crippen LogP contribution in [0.2, 0.25) is 0 Å². The fraction of sp³-hybridized carbons (Fsp3) is 0.250. The SMILES string of the molecule is NNc1ncccc1C(=O)NC1CCCc2ccccc21. The van der Waals surface area contributed by atoms with Crippen molar-refractivity contribution in [3.05, 3.63) is 59.3 Å². The first-order chi connectivity index (χ1) is 10.3. The zero-order valence-electron chi connectivity index (χ0n) is 11.7. The summed E-state index contributed by atoms with van der Waals surface area (Å²) in [7, 11) is 0. The van der Waals surface area contributed by atoms with Crippen molar-refractivity contribution in [2.24, 2.45) is 5.84 Å². The lowest BCUT2D eigenvalue weighted by atomic mass is 9.87. The second-order valence-electron chi connectivity index (χ2n) is 5.16. The summed E-state index contributed by atoms with van der Waals surface area (Å²) in [5.74, 6) is 5.64. The van der Waals surface area contributed by atoms with Crippen LogP contribution in [0.5, 0.6) is 0 Å². The number of hydrazine groups is 1. The Morgan fingerprint density at radius 1 is 1.24 bits per heavy atom. The van der Waals surface area contributed by atoms with E-state index in [4.69, 9.17) is 5.84 Å². The van der Waals surface area contributed by atoms with Crippen LogP contribution < -0.4 is 16.6 Å². The summed E-state index contributed by atoms with van der Waals surface area (Å²) in [5.41, 5.74) is 5.45. The van der Waals surface area contributed by atoms with E-state index in [1.54, 1.807) is 18.3 Å². The monoisotopic (exact) mass is 282 g/mol. The topological polar surface area (TPSA) is 80.0 Å². The maximum Gasteiger partial charge on any atom is 0.255 e. The molecule has 1 aromatic heterocycles. The second-order valence-corrected chi connectivity index (χ2v) is 5.16. The van der Waals surface area contributed by atoms with Gasteiger partial charge in [-0.1, -0.05) is 24.3 Å². The molecule has 1 amide bonds. The molecule has 0 spiro atoms. The summed E-state index contributed by atoms with van der Waals surface area (Å²) in [6.07, 6.45) is 4.71. The van der Waals surface area contributed by atoms with Crippen molar-refractivity contribution in [3.63, 3.8) is 0 Å². The lowest BCUT2D eigenvalue weighted by Gasteiger charge is -2.26. The molecular weight excluding hydrogens is 264 g/mol. The Bertz CT molecular complexity index is 656. The standard InChI is InChI=1S/C16H18N4O/c17-20-15-13(8-4-10-18-15)16(21)19-14-9-3-6-11-5-1-2-7-12(11)14/h1-2,4-5,7-8,10,14H,3,6,9,17H2,(H,18,20)(H,19,21). The van der Waals surface area contributed by atoms with Crippen molar-refractivity contribution in [2.75, 3.05) is 5.43 Å². The van der Waals surface area contributed by atoms with Gasteiger partial charge in [-0.25, -0.2) is 10.8 Å². The zero-order valence-corrected chi connectivity index (χ0v) is 11.7. The molecule has 4 N–H and O–H groups in total. The van der Waals surface area contributed by atoms with Crippen LogP contribution in [-0.2, 0) is 6.42 Å². The summed E-state index contributed by atoms with van der Waals surface area (Å²) in [4.78, 5) is 16.5. The zero-order chi connectivity index (χ0) is 14.7. The molecular formula is C16H18N4O. The van der Waals surface area contributed by atoms with E-state index in [9.17, 15) is 4.79 Å². The van der Waals surface area contributed by atoms with Crippen LogP contribution in [0.25, 0.3) is 0 Å². The summed E-state index contributed by atoms with van der Waals surface area (Å²) in [6.45, 7) is 0. The van der Waals surface area contributed by atoms with E-state index in [-0.39, 0.29) is 11.9 Å². The summed E-state index contributed by atoms with van der Waals surface area (Å²) in [5, 5.41) is 3.09. The summed E-state index contributed by atoms with van der Waals surface area (Å²) >= 11 is 0. The van der Waals surface area contributed by atoms with Gasteiger partial charge in [0.15, 0.2) is 5.82 Å². The quantitative estimate of drug-likeness (QED) is 0.595. The molecule has 0 saturated carbocycles. The van der Waals surface area contributed by atoms with Gasteiger partial charge in [-0.3, -0.25) is 4.79 Å². The normalized spacial score (nSPS) is 16.9. The first-order valence-electron chi connectivity index (χ1n) is 7.10. The number of rotatable bonds is 3. The Morgan fingerprint density at radius 2 is 2.10 bits per heavy atom. The van der Waals surface area contributed by atoms with Crippen LogP contribution in [0.15, 0.2) is 42.6 Å². The van der Waals surface area contributed by atoms with Crippen LogP contribution in [0.4, 0.5) is 5.82 Å². The molecule has 0 saturated heterocycles. The first kappa shape index (κ1) is 13.6. The Labute approximate surface area is 123 Å². The maximum atomic E-state index is 12.5. The Hall–Kier alpha value is -2.40. The molecule has 1 heterocycles. The maximum absolute atomic E-state index is 12.5. The third kappa shape index (κ3) is 2.73. The van der Waals surface area contributed by atoms with E-state index in [1.807, 2.05) is 12.1 Å². The van der Waals surface area contributed by atoms with Crippen molar-refractivity contribution >= 4 is 11.7 Å². The molecule has 3 rings (SSSR count). The van der Waals surface area contributed by atoms with Crippen molar-refractivity contribution in [1.82, 2.24) is 10.3 Å². The first-order valence-corrected chi connectivity index (χ1v) is 7.10. The minimum atomic E-state index is -0.155. The molecule has 1 unspecified atom stereocenters. The number of pyridine rings is 1. The number of nitrogens with zero attached hydrogens (tertiary/aromatic N) is 1. The van der Waals surface area contributed by atoms with Gasteiger partial charge in [0.25, 0.3) is 5.91 Å². The van der Waals surface area contributed by atoms with Crippen LogP contribution in [0, 0.1) is 0 Å². The fourth-order valence-electron chi connectivity index (χ4n) is 2.84.